The molecule has 3 heteroatoms. The molecule has 0 heterocycles. The van der Waals surface area contributed by atoms with Gasteiger partial charge in [-0.25, -0.2) is 0 Å². The summed E-state index contributed by atoms with van der Waals surface area (Å²) >= 11 is 0. The van der Waals surface area contributed by atoms with Crippen molar-refractivity contribution in [3.05, 3.63) is 70.3 Å². The number of hydrogen-bond acceptors (Lipinski definition) is 1. The van der Waals surface area contributed by atoms with Crippen molar-refractivity contribution in [3.8, 4) is 0 Å². The maximum atomic E-state index is 11.1. The normalized spacial score (nSPS) is 13.5. The van der Waals surface area contributed by atoms with Gasteiger partial charge in [0.15, 0.2) is 0 Å². The minimum atomic E-state index is -0.474. The molecular formula is C20H28ClNO. The first-order chi connectivity index (χ1) is 10.4. The third-order valence-electron chi connectivity index (χ3n) is 4.27. The van der Waals surface area contributed by atoms with Gasteiger partial charge in [0, 0.05) is 0 Å². The van der Waals surface area contributed by atoms with E-state index in [4.69, 9.17) is 0 Å². The number of hydrogen-bond donors (Lipinski definition) is 2. The Hall–Kier alpha value is -1.35. The fraction of sp³-hybridized carbons (Fsp3) is 0.400. The van der Waals surface area contributed by atoms with Crippen molar-refractivity contribution in [3.63, 3.8) is 0 Å². The molecule has 0 amide bonds. The fourth-order valence-electron chi connectivity index (χ4n) is 3.41. The second kappa shape index (κ2) is 8.49. The first-order valence-electron chi connectivity index (χ1n) is 8.00. The van der Waals surface area contributed by atoms with Gasteiger partial charge in [0.25, 0.3) is 0 Å². The van der Waals surface area contributed by atoms with Crippen LogP contribution < -0.4 is 17.3 Å². The highest BCUT2D eigenvalue weighted by Gasteiger charge is 2.27. The molecule has 2 rings (SSSR count). The van der Waals surface area contributed by atoms with Gasteiger partial charge in [-0.3, -0.25) is 0 Å². The smallest absolute Gasteiger partial charge is 0.0917 e. The van der Waals surface area contributed by atoms with Gasteiger partial charge in [-0.05, 0) is 43.0 Å². The van der Waals surface area contributed by atoms with E-state index in [-0.39, 0.29) is 18.3 Å². The Balaban J connectivity index is 0.00000264. The first-order valence-corrected chi connectivity index (χ1v) is 8.00. The van der Waals surface area contributed by atoms with Crippen molar-refractivity contribution in [2.45, 2.75) is 32.8 Å². The summed E-state index contributed by atoms with van der Waals surface area (Å²) in [7, 11) is 4.27. The Morgan fingerprint density at radius 3 is 1.96 bits per heavy atom. The van der Waals surface area contributed by atoms with E-state index in [1.54, 1.807) is 0 Å². The van der Waals surface area contributed by atoms with Crippen LogP contribution in [0.25, 0.3) is 0 Å². The average Bonchev–Trinajstić information content (AvgIpc) is 2.44. The summed E-state index contributed by atoms with van der Waals surface area (Å²) in [6, 6.07) is 14.7. The molecule has 126 valence electrons. The van der Waals surface area contributed by atoms with Crippen molar-refractivity contribution in [1.82, 2.24) is 0 Å². The predicted molar refractivity (Wildman–Crippen MR) is 92.5 cm³/mol. The van der Waals surface area contributed by atoms with Crippen LogP contribution in [0.5, 0.6) is 0 Å². The zero-order valence-electron chi connectivity index (χ0n) is 14.7. The lowest BCUT2D eigenvalue weighted by molar-refractivity contribution is -0.860. The molecule has 0 aliphatic heterocycles. The monoisotopic (exact) mass is 333 g/mol. The van der Waals surface area contributed by atoms with E-state index < -0.39 is 6.10 Å². The minimum absolute atomic E-state index is 0. The SMILES string of the molecule is Cc1cc(C)c(C(O)C(C[NH+](C)C)c2ccccc2)c(C)c1.[Cl-]. The molecular weight excluding hydrogens is 306 g/mol. The standard InChI is InChI=1S/C20H27NO.ClH/c1-14-11-15(2)19(16(3)12-14)20(22)18(13-21(4)5)17-9-7-6-8-10-17;/h6-12,18,20,22H,13H2,1-5H3;1H. The Morgan fingerprint density at radius 2 is 1.48 bits per heavy atom. The molecule has 0 aliphatic rings. The third-order valence-corrected chi connectivity index (χ3v) is 4.27. The van der Waals surface area contributed by atoms with Crippen LogP contribution in [0.3, 0.4) is 0 Å². The molecule has 0 radical (unpaired) electrons. The summed E-state index contributed by atoms with van der Waals surface area (Å²) in [5.74, 6) is 0.103. The number of quaternary nitrogens is 1. The Morgan fingerprint density at radius 1 is 0.957 bits per heavy atom. The average molecular weight is 334 g/mol. The molecule has 2 aromatic carbocycles. The molecule has 0 bridgehead atoms. The van der Waals surface area contributed by atoms with Crippen LogP contribution in [0.15, 0.2) is 42.5 Å². The van der Waals surface area contributed by atoms with E-state index in [0.29, 0.717) is 0 Å². The second-order valence-corrected chi connectivity index (χ2v) is 6.69. The number of aliphatic hydroxyl groups is 1. The van der Waals surface area contributed by atoms with Gasteiger partial charge in [0.2, 0.25) is 0 Å². The molecule has 2 N–H and O–H groups in total. The molecule has 2 unspecified atom stereocenters. The third kappa shape index (κ3) is 4.81. The van der Waals surface area contributed by atoms with E-state index in [9.17, 15) is 5.11 Å². The molecule has 0 fully saturated rings. The Kier molecular flexibility index (Phi) is 7.27. The van der Waals surface area contributed by atoms with Crippen LogP contribution in [0.1, 0.15) is 39.8 Å². The molecule has 0 spiro atoms. The maximum absolute atomic E-state index is 11.1. The number of likely N-dealkylation sites (N-methyl/N-ethyl adjacent to an activating group) is 1. The number of nitrogens with one attached hydrogen (secondary N) is 1. The molecule has 2 atom stereocenters. The zero-order valence-corrected chi connectivity index (χ0v) is 15.5. The number of benzene rings is 2. The van der Waals surface area contributed by atoms with Crippen molar-refractivity contribution in [2.24, 2.45) is 0 Å². The Labute approximate surface area is 146 Å². The highest BCUT2D eigenvalue weighted by molar-refractivity contribution is 5.40. The number of aliphatic hydroxyl groups excluding tert-OH is 1. The van der Waals surface area contributed by atoms with Gasteiger partial charge in [-0.15, -0.1) is 0 Å². The lowest BCUT2D eigenvalue weighted by atomic mass is 9.84. The van der Waals surface area contributed by atoms with Gasteiger partial charge < -0.3 is 22.4 Å². The Bertz CT molecular complexity index is 602. The molecule has 23 heavy (non-hydrogen) atoms. The summed E-state index contributed by atoms with van der Waals surface area (Å²) < 4.78 is 0. The van der Waals surface area contributed by atoms with Crippen molar-refractivity contribution >= 4 is 0 Å². The van der Waals surface area contributed by atoms with E-state index >= 15 is 0 Å². The van der Waals surface area contributed by atoms with Gasteiger partial charge in [-0.2, -0.15) is 0 Å². The lowest BCUT2D eigenvalue weighted by Crippen LogP contribution is -3.06. The van der Waals surface area contributed by atoms with Crippen molar-refractivity contribution < 1.29 is 22.4 Å². The van der Waals surface area contributed by atoms with Gasteiger partial charge >= 0.3 is 0 Å². The predicted octanol–water partition coefficient (Wildman–Crippen LogP) is -0.422. The van der Waals surface area contributed by atoms with Crippen molar-refractivity contribution in [1.29, 1.82) is 0 Å². The van der Waals surface area contributed by atoms with Gasteiger partial charge in [0.05, 0.1) is 32.7 Å². The van der Waals surface area contributed by atoms with Crippen LogP contribution in [-0.2, 0) is 0 Å². The van der Waals surface area contributed by atoms with Crippen molar-refractivity contribution in [2.75, 3.05) is 20.6 Å². The minimum Gasteiger partial charge on any atom is -1.00 e. The molecule has 2 aromatic rings. The van der Waals surface area contributed by atoms with E-state index in [1.165, 1.54) is 27.2 Å². The van der Waals surface area contributed by atoms with Crippen LogP contribution >= 0.6 is 0 Å². The quantitative estimate of drug-likeness (QED) is 0.763. The highest BCUT2D eigenvalue weighted by atomic mass is 35.5. The summed E-state index contributed by atoms with van der Waals surface area (Å²) in [5, 5.41) is 11.1. The molecule has 0 aromatic heterocycles. The molecule has 0 saturated heterocycles. The summed E-state index contributed by atoms with van der Waals surface area (Å²) in [6.07, 6.45) is -0.474. The highest BCUT2D eigenvalue weighted by Crippen LogP contribution is 2.34. The topological polar surface area (TPSA) is 24.7 Å². The summed E-state index contributed by atoms with van der Waals surface area (Å²) in [4.78, 5) is 1.34. The zero-order chi connectivity index (χ0) is 16.3. The first kappa shape index (κ1) is 19.7. The molecule has 2 nitrogen and oxygen atoms in total. The second-order valence-electron chi connectivity index (χ2n) is 6.69. The van der Waals surface area contributed by atoms with Crippen LogP contribution in [-0.4, -0.2) is 25.7 Å². The molecule has 0 aliphatic carbocycles. The van der Waals surface area contributed by atoms with E-state index in [2.05, 4.69) is 71.3 Å². The van der Waals surface area contributed by atoms with Gasteiger partial charge in [0.1, 0.15) is 0 Å². The van der Waals surface area contributed by atoms with E-state index in [1.807, 2.05) is 6.07 Å². The van der Waals surface area contributed by atoms with Crippen LogP contribution in [0.4, 0.5) is 0 Å². The summed E-state index contributed by atoms with van der Waals surface area (Å²) in [6.45, 7) is 7.21. The molecule has 0 saturated carbocycles. The largest absolute Gasteiger partial charge is 1.00 e. The van der Waals surface area contributed by atoms with Gasteiger partial charge in [-0.1, -0.05) is 48.0 Å². The fourth-order valence-corrected chi connectivity index (χ4v) is 3.41. The number of rotatable bonds is 5. The number of aryl methyl sites for hydroxylation is 3. The maximum Gasteiger partial charge on any atom is 0.0917 e. The number of halogens is 1. The lowest BCUT2D eigenvalue weighted by Gasteiger charge is -2.27. The van der Waals surface area contributed by atoms with Crippen LogP contribution in [0, 0.1) is 20.8 Å². The summed E-state index contributed by atoms with van der Waals surface area (Å²) in [5.41, 5.74) is 5.90. The van der Waals surface area contributed by atoms with E-state index in [0.717, 1.165) is 12.1 Å². The van der Waals surface area contributed by atoms with Crippen LogP contribution in [0.2, 0.25) is 0 Å².